The van der Waals surface area contributed by atoms with E-state index in [1.807, 2.05) is 0 Å². The van der Waals surface area contributed by atoms with E-state index in [-0.39, 0.29) is 30.2 Å². The van der Waals surface area contributed by atoms with E-state index in [2.05, 4.69) is 31.3 Å². The molecule has 48 heavy (non-hydrogen) atoms. The quantitative estimate of drug-likeness (QED) is 0.0502. The molecule has 0 fully saturated rings. The fraction of sp³-hybridized carbons (Fsp3) is 0.235. The third-order valence-corrected chi connectivity index (χ3v) is 8.06. The first-order chi connectivity index (χ1) is 23.0. The molecule has 0 spiro atoms. The summed E-state index contributed by atoms with van der Waals surface area (Å²) in [5, 5.41) is 15.5. The van der Waals surface area contributed by atoms with Crippen LogP contribution in [0.25, 0.3) is 10.4 Å². The highest BCUT2D eigenvalue weighted by Gasteiger charge is 2.53. The zero-order valence-electron chi connectivity index (χ0n) is 25.1. The summed E-state index contributed by atoms with van der Waals surface area (Å²) in [5.41, 5.74) is 7.91. The number of carbonyl (C=O) groups is 1. The Hall–Kier alpha value is -4.91. The van der Waals surface area contributed by atoms with Crippen molar-refractivity contribution >= 4 is 33.4 Å². The molecule has 0 radical (unpaired) electrons. The zero-order chi connectivity index (χ0) is 34.3. The summed E-state index contributed by atoms with van der Waals surface area (Å²) >= 11 is 3.41. The van der Waals surface area contributed by atoms with Crippen molar-refractivity contribution in [3.8, 4) is 5.75 Å². The molecule has 0 aliphatic carbocycles. The smallest absolute Gasteiger partial charge is 0.416 e. The third kappa shape index (κ3) is 7.96. The van der Waals surface area contributed by atoms with Gasteiger partial charge in [-0.15, -0.1) is 0 Å². The number of nitrogens with one attached hydrogen (secondary N) is 1. The molecule has 0 saturated heterocycles. The second-order valence-corrected chi connectivity index (χ2v) is 11.8. The maximum Gasteiger partial charge on any atom is 0.416 e. The number of halogens is 5. The molecule has 4 aromatic carbocycles. The van der Waals surface area contributed by atoms with Crippen molar-refractivity contribution in [1.29, 1.82) is 0 Å². The van der Waals surface area contributed by atoms with Crippen LogP contribution in [-0.2, 0) is 28.7 Å². The van der Waals surface area contributed by atoms with Gasteiger partial charge in [0, 0.05) is 52.2 Å². The van der Waals surface area contributed by atoms with E-state index >= 15 is 0 Å². The number of ether oxygens (including phenoxy) is 2. The van der Waals surface area contributed by atoms with E-state index in [0.29, 0.717) is 41.5 Å². The monoisotopic (exact) mass is 725 g/mol. The predicted molar refractivity (Wildman–Crippen MR) is 173 cm³/mol. The Morgan fingerprint density at radius 2 is 1.79 bits per heavy atom. The number of aliphatic hydroxyl groups is 1. The Labute approximate surface area is 281 Å². The van der Waals surface area contributed by atoms with Crippen LogP contribution in [0.15, 0.2) is 106 Å². The van der Waals surface area contributed by atoms with E-state index in [1.165, 1.54) is 0 Å². The molecule has 9 nitrogen and oxygen atoms in total. The molecular weight excluding hydrogens is 698 g/mol. The van der Waals surface area contributed by atoms with E-state index in [0.717, 1.165) is 16.6 Å². The van der Waals surface area contributed by atoms with Crippen LogP contribution in [0.5, 0.6) is 5.75 Å². The number of aliphatic imine (C=N–C) groups is 1. The summed E-state index contributed by atoms with van der Waals surface area (Å²) in [6, 6.07) is 22.4. The number of carbonyl (C=O) groups excluding carboxylic acids is 1. The lowest BCUT2D eigenvalue weighted by atomic mass is 9.81. The van der Waals surface area contributed by atoms with E-state index in [4.69, 9.17) is 19.6 Å². The second kappa shape index (κ2) is 14.9. The molecule has 1 amide bonds. The van der Waals surface area contributed by atoms with Crippen LogP contribution in [-0.4, -0.2) is 35.7 Å². The lowest BCUT2D eigenvalue weighted by molar-refractivity contribution is -0.137. The molecule has 1 heterocycles. The first-order valence-electron chi connectivity index (χ1n) is 14.7. The fourth-order valence-electron chi connectivity index (χ4n) is 5.27. The molecule has 0 aromatic heterocycles. The number of nitrogens with zero attached hydrogens (tertiary/aromatic N) is 4. The summed E-state index contributed by atoms with van der Waals surface area (Å²) in [5.74, 6) is -1.21. The number of alkyl halides is 3. The van der Waals surface area contributed by atoms with Crippen molar-refractivity contribution in [1.82, 2.24) is 5.32 Å². The minimum absolute atomic E-state index is 0.0212. The largest absolute Gasteiger partial charge is 0.494 e. The highest BCUT2D eigenvalue weighted by molar-refractivity contribution is 9.10. The van der Waals surface area contributed by atoms with Gasteiger partial charge < -0.3 is 19.9 Å². The Bertz CT molecular complexity index is 1850. The number of aliphatic hydroxyl groups excluding tert-OH is 1. The van der Waals surface area contributed by atoms with Gasteiger partial charge in [-0.25, -0.2) is 9.38 Å². The van der Waals surface area contributed by atoms with Crippen molar-refractivity contribution in [3.05, 3.63) is 140 Å². The van der Waals surface area contributed by atoms with Gasteiger partial charge in [-0.3, -0.25) is 4.79 Å². The van der Waals surface area contributed by atoms with Gasteiger partial charge in [0.25, 0.3) is 5.91 Å². The Balaban J connectivity index is 1.60. The maximum atomic E-state index is 14.4. The average Bonchev–Trinajstić information content (AvgIpc) is 3.45. The summed E-state index contributed by atoms with van der Waals surface area (Å²) in [6.07, 6.45) is -5.55. The van der Waals surface area contributed by atoms with Crippen LogP contribution in [0, 0.1) is 5.82 Å². The van der Waals surface area contributed by atoms with Crippen LogP contribution >= 0.6 is 15.9 Å². The first kappa shape index (κ1) is 34.4. The van der Waals surface area contributed by atoms with Crippen LogP contribution < -0.4 is 10.1 Å². The van der Waals surface area contributed by atoms with E-state index < -0.39 is 41.7 Å². The fourth-order valence-corrected chi connectivity index (χ4v) is 5.54. The number of amides is 1. The van der Waals surface area contributed by atoms with Gasteiger partial charge in [0.15, 0.2) is 11.6 Å². The van der Waals surface area contributed by atoms with Crippen molar-refractivity contribution < 1.29 is 36.9 Å². The lowest BCUT2D eigenvalue weighted by Crippen LogP contribution is -2.49. The molecule has 14 heteroatoms. The lowest BCUT2D eigenvalue weighted by Gasteiger charge is -2.31. The van der Waals surface area contributed by atoms with Gasteiger partial charge in [-0.2, -0.15) is 13.2 Å². The van der Waals surface area contributed by atoms with Gasteiger partial charge in [-0.05, 0) is 71.3 Å². The first-order valence-corrected chi connectivity index (χ1v) is 15.5. The molecule has 248 valence electrons. The molecule has 0 unspecified atom stereocenters. The molecule has 5 rings (SSSR count). The van der Waals surface area contributed by atoms with Gasteiger partial charge in [0.05, 0.1) is 12.2 Å². The molecule has 1 aliphatic heterocycles. The summed E-state index contributed by atoms with van der Waals surface area (Å²) in [4.78, 5) is 22.2. The number of benzene rings is 4. The van der Waals surface area contributed by atoms with Gasteiger partial charge >= 0.3 is 6.18 Å². The maximum absolute atomic E-state index is 14.4. The van der Waals surface area contributed by atoms with Crippen molar-refractivity contribution in [2.75, 3.05) is 13.2 Å². The molecule has 4 aromatic rings. The second-order valence-electron chi connectivity index (χ2n) is 10.9. The third-order valence-electron chi connectivity index (χ3n) is 7.53. The summed E-state index contributed by atoms with van der Waals surface area (Å²) in [7, 11) is 0. The summed E-state index contributed by atoms with van der Waals surface area (Å²) in [6.45, 7) is -0.165. The minimum atomic E-state index is -4.79. The minimum Gasteiger partial charge on any atom is -0.494 e. The zero-order valence-corrected chi connectivity index (χ0v) is 26.7. The number of hydrogen-bond donors (Lipinski definition) is 2. The molecule has 1 aliphatic rings. The average molecular weight is 727 g/mol. The van der Waals surface area contributed by atoms with Gasteiger partial charge in [-0.1, -0.05) is 57.4 Å². The van der Waals surface area contributed by atoms with Gasteiger partial charge in [0.2, 0.25) is 5.90 Å². The molecular formula is C34H28BrF4N5O4. The highest BCUT2D eigenvalue weighted by atomic mass is 79.9. The van der Waals surface area contributed by atoms with Crippen LogP contribution in [0.2, 0.25) is 0 Å². The van der Waals surface area contributed by atoms with Crippen molar-refractivity contribution in [2.45, 2.75) is 37.2 Å². The van der Waals surface area contributed by atoms with Crippen LogP contribution in [0.1, 0.15) is 40.3 Å². The van der Waals surface area contributed by atoms with E-state index in [1.54, 1.807) is 72.8 Å². The number of azide groups is 1. The van der Waals surface area contributed by atoms with Crippen molar-refractivity contribution in [3.63, 3.8) is 0 Å². The molecule has 2 N–H and O–H groups in total. The Kier molecular flexibility index (Phi) is 10.7. The van der Waals surface area contributed by atoms with E-state index in [9.17, 15) is 27.9 Å². The van der Waals surface area contributed by atoms with Gasteiger partial charge in [0.1, 0.15) is 11.6 Å². The topological polar surface area (TPSA) is 129 Å². The summed E-state index contributed by atoms with van der Waals surface area (Å²) < 4.78 is 67.3. The standard InChI is InChI=1S/C34H28BrF4N5O4/c35-25-10-6-21(7-11-25)19-33(32(46)41-20-22-16-24(34(37,38)39)18-26(36)17-22)30(28-4-1-2-5-29(28)43-44-40)48-31(42-33)23-8-12-27(13-9-23)47-15-3-14-45/h1-2,4-13,16-18,30,45H,3,14-15,19-20H2,(H,41,46)/t30-,33-/m1/s1. The van der Waals surface area contributed by atoms with Crippen LogP contribution in [0.3, 0.4) is 0 Å². The molecule has 0 bridgehead atoms. The highest BCUT2D eigenvalue weighted by Crippen LogP contribution is 2.45. The molecule has 2 atom stereocenters. The van der Waals surface area contributed by atoms with Crippen LogP contribution in [0.4, 0.5) is 23.2 Å². The number of rotatable bonds is 12. The Morgan fingerprint density at radius 3 is 2.48 bits per heavy atom. The number of hydrogen-bond acceptors (Lipinski definition) is 6. The predicted octanol–water partition coefficient (Wildman–Crippen LogP) is 8.13. The van der Waals surface area contributed by atoms with Crippen molar-refractivity contribution in [2.24, 2.45) is 10.1 Å². The Morgan fingerprint density at radius 1 is 1.06 bits per heavy atom. The molecule has 0 saturated carbocycles. The normalized spacial score (nSPS) is 17.2. The SMILES string of the molecule is [N-]=[N+]=Nc1ccccc1[C@H]1OC(c2ccc(OCCCO)cc2)=N[C@@]1(Cc1ccc(Br)cc1)C(=O)NCc1cc(F)cc(C(F)(F)F)c1.